The van der Waals surface area contributed by atoms with Crippen molar-refractivity contribution in [1.29, 1.82) is 0 Å². The molecule has 1 atom stereocenters. The first-order valence-electron chi connectivity index (χ1n) is 9.99. The van der Waals surface area contributed by atoms with Gasteiger partial charge in [0.2, 0.25) is 0 Å². The number of aliphatic hydroxyl groups is 1. The molecule has 3 rings (SSSR count). The first-order valence-corrected chi connectivity index (χ1v) is 9.99. The van der Waals surface area contributed by atoms with Crippen molar-refractivity contribution >= 4 is 6.08 Å². The summed E-state index contributed by atoms with van der Waals surface area (Å²) >= 11 is 0. The standard InChI is InChI=1S/C23H31N3O2/c1-19-7-5-10-21(24-19)17-26-15-14-25(18-22(26)12-16-27)13-6-9-20-8-3-4-11-23(20)28-2/h3-11,22,27H,12-18H2,1-2H3/b9-6+. The van der Waals surface area contributed by atoms with Gasteiger partial charge in [-0.15, -0.1) is 0 Å². The van der Waals surface area contributed by atoms with E-state index in [1.54, 1.807) is 7.11 Å². The largest absolute Gasteiger partial charge is 0.496 e. The number of hydrogen-bond donors (Lipinski definition) is 1. The van der Waals surface area contributed by atoms with Crippen molar-refractivity contribution in [2.45, 2.75) is 25.9 Å². The molecule has 2 heterocycles. The number of aryl methyl sites for hydroxylation is 1. The van der Waals surface area contributed by atoms with E-state index in [1.807, 2.05) is 31.2 Å². The van der Waals surface area contributed by atoms with Crippen molar-refractivity contribution in [2.24, 2.45) is 0 Å². The third-order valence-corrected chi connectivity index (χ3v) is 5.26. The molecule has 28 heavy (non-hydrogen) atoms. The van der Waals surface area contributed by atoms with E-state index < -0.39 is 0 Å². The number of methoxy groups -OCH3 is 1. The lowest BCUT2D eigenvalue weighted by Crippen LogP contribution is -2.52. The molecule has 1 saturated heterocycles. The highest BCUT2D eigenvalue weighted by atomic mass is 16.5. The van der Waals surface area contributed by atoms with Crippen LogP contribution in [0.5, 0.6) is 5.75 Å². The van der Waals surface area contributed by atoms with Crippen LogP contribution in [0.3, 0.4) is 0 Å². The normalized spacial score (nSPS) is 18.6. The van der Waals surface area contributed by atoms with Crippen molar-refractivity contribution in [3.05, 3.63) is 65.5 Å². The van der Waals surface area contributed by atoms with Gasteiger partial charge in [-0.1, -0.05) is 36.4 Å². The van der Waals surface area contributed by atoms with E-state index in [9.17, 15) is 5.11 Å². The smallest absolute Gasteiger partial charge is 0.126 e. The molecule has 0 saturated carbocycles. The van der Waals surface area contributed by atoms with Gasteiger partial charge in [0, 0.05) is 56.6 Å². The van der Waals surface area contributed by atoms with E-state index in [2.05, 4.69) is 45.1 Å². The number of rotatable bonds is 8. The Hall–Kier alpha value is -2.21. The number of aliphatic hydroxyl groups excluding tert-OH is 1. The zero-order valence-corrected chi connectivity index (χ0v) is 16.9. The van der Waals surface area contributed by atoms with Gasteiger partial charge in [0.1, 0.15) is 5.75 Å². The van der Waals surface area contributed by atoms with Gasteiger partial charge in [-0.3, -0.25) is 14.8 Å². The van der Waals surface area contributed by atoms with Crippen LogP contribution in [-0.4, -0.2) is 65.8 Å². The Morgan fingerprint density at radius 3 is 2.82 bits per heavy atom. The maximum absolute atomic E-state index is 9.53. The van der Waals surface area contributed by atoms with Gasteiger partial charge >= 0.3 is 0 Å². The lowest BCUT2D eigenvalue weighted by atomic mass is 10.1. The van der Waals surface area contributed by atoms with E-state index in [1.165, 1.54) is 0 Å². The van der Waals surface area contributed by atoms with E-state index in [0.29, 0.717) is 6.04 Å². The zero-order valence-electron chi connectivity index (χ0n) is 16.9. The third kappa shape index (κ3) is 5.64. The lowest BCUT2D eigenvalue weighted by Gasteiger charge is -2.41. The molecule has 150 valence electrons. The molecule has 2 aromatic rings. The van der Waals surface area contributed by atoms with Crippen molar-refractivity contribution in [2.75, 3.05) is 39.9 Å². The quantitative estimate of drug-likeness (QED) is 0.762. The minimum absolute atomic E-state index is 0.216. The summed E-state index contributed by atoms with van der Waals surface area (Å²) < 4.78 is 5.41. The van der Waals surface area contributed by atoms with Crippen molar-refractivity contribution < 1.29 is 9.84 Å². The summed E-state index contributed by atoms with van der Waals surface area (Å²) in [5.74, 6) is 0.896. The van der Waals surface area contributed by atoms with E-state index in [4.69, 9.17) is 4.74 Å². The highest BCUT2D eigenvalue weighted by Crippen LogP contribution is 2.19. The second kappa shape index (κ2) is 10.4. The molecule has 1 unspecified atom stereocenters. The topological polar surface area (TPSA) is 48.8 Å². The summed E-state index contributed by atoms with van der Waals surface area (Å²) in [6.07, 6.45) is 5.12. The van der Waals surface area contributed by atoms with Crippen LogP contribution in [0.25, 0.3) is 6.08 Å². The number of pyridine rings is 1. The highest BCUT2D eigenvalue weighted by Gasteiger charge is 2.26. The van der Waals surface area contributed by atoms with Crippen molar-refractivity contribution in [3.63, 3.8) is 0 Å². The average molecular weight is 382 g/mol. The average Bonchev–Trinajstić information content (AvgIpc) is 2.70. The molecule has 1 fully saturated rings. The van der Waals surface area contributed by atoms with Gasteiger partial charge in [0.15, 0.2) is 0 Å². The SMILES string of the molecule is COc1ccccc1/C=C/CN1CCN(Cc2cccc(C)n2)C(CCO)C1. The van der Waals surface area contributed by atoms with E-state index >= 15 is 0 Å². The maximum atomic E-state index is 9.53. The molecular weight excluding hydrogens is 350 g/mol. The molecule has 0 aliphatic carbocycles. The van der Waals surface area contributed by atoms with Gasteiger partial charge in [-0.25, -0.2) is 0 Å². The van der Waals surface area contributed by atoms with Crippen molar-refractivity contribution in [3.8, 4) is 5.75 Å². The predicted molar refractivity (Wildman–Crippen MR) is 113 cm³/mol. The Morgan fingerprint density at radius 2 is 2.04 bits per heavy atom. The molecule has 5 heteroatoms. The minimum Gasteiger partial charge on any atom is -0.496 e. The number of aromatic nitrogens is 1. The number of piperazine rings is 1. The Labute approximate surface area is 168 Å². The number of benzene rings is 1. The summed E-state index contributed by atoms with van der Waals surface area (Å²) in [4.78, 5) is 9.55. The second-order valence-electron chi connectivity index (χ2n) is 7.31. The molecule has 1 aliphatic heterocycles. The number of hydrogen-bond acceptors (Lipinski definition) is 5. The molecule has 5 nitrogen and oxygen atoms in total. The molecule has 1 aromatic carbocycles. The summed E-state index contributed by atoms with van der Waals surface area (Å²) in [5, 5.41) is 9.53. The lowest BCUT2D eigenvalue weighted by molar-refractivity contribution is 0.0587. The van der Waals surface area contributed by atoms with Crippen molar-refractivity contribution in [1.82, 2.24) is 14.8 Å². The van der Waals surface area contributed by atoms with Crippen LogP contribution in [0.4, 0.5) is 0 Å². The van der Waals surface area contributed by atoms with Gasteiger partial charge in [0.05, 0.1) is 12.8 Å². The summed E-state index contributed by atoms with van der Waals surface area (Å²) in [6, 6.07) is 14.6. The van der Waals surface area contributed by atoms with Crippen LogP contribution in [0.1, 0.15) is 23.4 Å². The Morgan fingerprint density at radius 1 is 1.18 bits per heavy atom. The van der Waals surface area contributed by atoms with Crippen LogP contribution in [0.15, 0.2) is 48.5 Å². The van der Waals surface area contributed by atoms with Crippen LogP contribution in [0, 0.1) is 6.92 Å². The first-order chi connectivity index (χ1) is 13.7. The van der Waals surface area contributed by atoms with Crippen LogP contribution in [0.2, 0.25) is 0 Å². The summed E-state index contributed by atoms with van der Waals surface area (Å²) in [7, 11) is 1.70. The van der Waals surface area contributed by atoms with E-state index in [-0.39, 0.29) is 6.61 Å². The van der Waals surface area contributed by atoms with Gasteiger partial charge < -0.3 is 9.84 Å². The number of nitrogens with zero attached hydrogens (tertiary/aromatic N) is 3. The molecule has 0 bridgehead atoms. The molecule has 1 N–H and O–H groups in total. The highest BCUT2D eigenvalue weighted by molar-refractivity contribution is 5.57. The maximum Gasteiger partial charge on any atom is 0.126 e. The predicted octanol–water partition coefficient (Wildman–Crippen LogP) is 2.98. The zero-order chi connectivity index (χ0) is 19.8. The molecule has 1 aliphatic rings. The second-order valence-corrected chi connectivity index (χ2v) is 7.31. The fraction of sp³-hybridized carbons (Fsp3) is 0.435. The molecule has 0 radical (unpaired) electrons. The van der Waals surface area contributed by atoms with Crippen LogP contribution < -0.4 is 4.74 Å². The minimum atomic E-state index is 0.216. The molecule has 1 aromatic heterocycles. The third-order valence-electron chi connectivity index (χ3n) is 5.26. The summed E-state index contributed by atoms with van der Waals surface area (Å²) in [6.45, 7) is 6.96. The number of ether oxygens (including phenoxy) is 1. The molecular formula is C23H31N3O2. The summed E-state index contributed by atoms with van der Waals surface area (Å²) in [5.41, 5.74) is 3.25. The Balaban J connectivity index is 1.58. The van der Waals surface area contributed by atoms with Gasteiger partial charge in [-0.2, -0.15) is 0 Å². The Kier molecular flexibility index (Phi) is 7.60. The fourth-order valence-electron chi connectivity index (χ4n) is 3.78. The van der Waals surface area contributed by atoms with Gasteiger partial charge in [-0.05, 0) is 31.5 Å². The van der Waals surface area contributed by atoms with Crippen LogP contribution >= 0.6 is 0 Å². The van der Waals surface area contributed by atoms with Gasteiger partial charge in [0.25, 0.3) is 0 Å². The monoisotopic (exact) mass is 381 g/mol. The number of para-hydroxylation sites is 1. The molecule has 0 spiro atoms. The fourth-order valence-corrected chi connectivity index (χ4v) is 3.78. The first kappa shape index (κ1) is 20.5. The molecule has 0 amide bonds. The van der Waals surface area contributed by atoms with E-state index in [0.717, 1.165) is 61.8 Å². The Bertz CT molecular complexity index is 778. The van der Waals surface area contributed by atoms with Crippen LogP contribution in [-0.2, 0) is 6.54 Å².